The lowest BCUT2D eigenvalue weighted by molar-refractivity contribution is 0.100. The summed E-state index contributed by atoms with van der Waals surface area (Å²) in [6, 6.07) is 1.85. The standard InChI is InChI=1S/C10H9NOS/c11-10(12)9-6-7-4-2-1-3-5-8(7)13-9/h1-4,6H,5H2,(H2,11,12). The minimum absolute atomic E-state index is 0.338. The van der Waals surface area contributed by atoms with E-state index in [1.807, 2.05) is 24.3 Å². The lowest BCUT2D eigenvalue weighted by Gasteiger charge is -1.89. The van der Waals surface area contributed by atoms with Crippen molar-refractivity contribution in [2.45, 2.75) is 6.42 Å². The Morgan fingerprint density at radius 3 is 3.08 bits per heavy atom. The molecule has 0 aromatic carbocycles. The molecule has 0 unspecified atom stereocenters. The van der Waals surface area contributed by atoms with Crippen LogP contribution in [-0.2, 0) is 6.42 Å². The Balaban J connectivity index is 2.46. The van der Waals surface area contributed by atoms with Gasteiger partial charge in [0.1, 0.15) is 0 Å². The van der Waals surface area contributed by atoms with Crippen LogP contribution in [0.25, 0.3) is 6.08 Å². The van der Waals surface area contributed by atoms with E-state index in [0.29, 0.717) is 4.88 Å². The van der Waals surface area contributed by atoms with Crippen LogP contribution in [0.15, 0.2) is 24.3 Å². The van der Waals surface area contributed by atoms with Gasteiger partial charge >= 0.3 is 0 Å². The third-order valence-corrected chi connectivity index (χ3v) is 3.10. The molecular weight excluding hydrogens is 182 g/mol. The maximum Gasteiger partial charge on any atom is 0.258 e. The molecule has 0 spiro atoms. The second-order valence-electron chi connectivity index (χ2n) is 2.84. The van der Waals surface area contributed by atoms with E-state index in [1.54, 1.807) is 0 Å². The zero-order valence-corrected chi connectivity index (χ0v) is 7.80. The first kappa shape index (κ1) is 8.26. The Kier molecular flexibility index (Phi) is 2.02. The summed E-state index contributed by atoms with van der Waals surface area (Å²) in [5.74, 6) is -0.338. The van der Waals surface area contributed by atoms with Crippen molar-refractivity contribution in [3.8, 4) is 0 Å². The number of carbonyl (C=O) groups is 1. The summed E-state index contributed by atoms with van der Waals surface area (Å²) in [4.78, 5) is 12.7. The fourth-order valence-electron chi connectivity index (χ4n) is 1.28. The monoisotopic (exact) mass is 191 g/mol. The normalized spacial score (nSPS) is 13.8. The molecule has 2 rings (SSSR count). The van der Waals surface area contributed by atoms with Crippen LogP contribution in [0.2, 0.25) is 0 Å². The van der Waals surface area contributed by atoms with Crippen LogP contribution < -0.4 is 5.73 Å². The first-order valence-corrected chi connectivity index (χ1v) is 4.85. The van der Waals surface area contributed by atoms with Crippen LogP contribution in [0.1, 0.15) is 20.1 Å². The fourth-order valence-corrected chi connectivity index (χ4v) is 2.25. The molecule has 66 valence electrons. The number of hydrogen-bond donors (Lipinski definition) is 1. The van der Waals surface area contributed by atoms with Crippen LogP contribution in [0.3, 0.4) is 0 Å². The number of nitrogens with two attached hydrogens (primary N) is 1. The lowest BCUT2D eigenvalue weighted by Crippen LogP contribution is -2.08. The molecule has 1 aromatic heterocycles. The van der Waals surface area contributed by atoms with Crippen molar-refractivity contribution in [2.75, 3.05) is 0 Å². The largest absolute Gasteiger partial charge is 0.365 e. The predicted molar refractivity (Wildman–Crippen MR) is 54.7 cm³/mol. The molecule has 0 atom stereocenters. The summed E-state index contributed by atoms with van der Waals surface area (Å²) in [5.41, 5.74) is 6.31. The van der Waals surface area contributed by atoms with E-state index in [2.05, 4.69) is 6.08 Å². The van der Waals surface area contributed by atoms with Crippen molar-refractivity contribution in [1.82, 2.24) is 0 Å². The SMILES string of the molecule is NC(=O)c1cc2c(s1)CC=CC=C2. The average molecular weight is 191 g/mol. The summed E-state index contributed by atoms with van der Waals surface area (Å²) < 4.78 is 0. The minimum atomic E-state index is -0.338. The third kappa shape index (κ3) is 1.55. The molecule has 0 radical (unpaired) electrons. The van der Waals surface area contributed by atoms with Crippen LogP contribution >= 0.6 is 11.3 Å². The first-order chi connectivity index (χ1) is 6.27. The Hall–Kier alpha value is -1.35. The van der Waals surface area contributed by atoms with Gasteiger partial charge in [-0.3, -0.25) is 4.79 Å². The van der Waals surface area contributed by atoms with Crippen LogP contribution in [0.5, 0.6) is 0 Å². The van der Waals surface area contributed by atoms with Gasteiger partial charge in [0.25, 0.3) is 5.91 Å². The van der Waals surface area contributed by atoms with Crippen molar-refractivity contribution in [3.63, 3.8) is 0 Å². The number of amides is 1. The number of hydrogen-bond acceptors (Lipinski definition) is 2. The molecular formula is C10H9NOS. The van der Waals surface area contributed by atoms with Gasteiger partial charge in [0.2, 0.25) is 0 Å². The molecule has 1 aliphatic rings. The number of primary amides is 1. The molecule has 1 heterocycles. The number of rotatable bonds is 1. The molecule has 0 fully saturated rings. The fraction of sp³-hybridized carbons (Fsp3) is 0.100. The Morgan fingerprint density at radius 1 is 1.46 bits per heavy atom. The summed E-state index contributed by atoms with van der Waals surface area (Å²) in [6.07, 6.45) is 8.95. The maximum atomic E-state index is 10.9. The average Bonchev–Trinajstić information content (AvgIpc) is 2.38. The van der Waals surface area contributed by atoms with E-state index in [-0.39, 0.29) is 5.91 Å². The first-order valence-electron chi connectivity index (χ1n) is 4.03. The van der Waals surface area contributed by atoms with Crippen LogP contribution in [0, 0.1) is 0 Å². The molecule has 2 nitrogen and oxygen atoms in total. The molecule has 2 N–H and O–H groups in total. The van der Waals surface area contributed by atoms with Crippen molar-refractivity contribution >= 4 is 23.3 Å². The summed E-state index contributed by atoms with van der Waals surface area (Å²) >= 11 is 1.48. The van der Waals surface area contributed by atoms with Gasteiger partial charge in [0.05, 0.1) is 4.88 Å². The van der Waals surface area contributed by atoms with Crippen LogP contribution in [-0.4, -0.2) is 5.91 Å². The van der Waals surface area contributed by atoms with Crippen molar-refractivity contribution < 1.29 is 4.79 Å². The molecule has 1 aliphatic carbocycles. The van der Waals surface area contributed by atoms with Gasteiger partial charge < -0.3 is 5.73 Å². The lowest BCUT2D eigenvalue weighted by atomic mass is 10.2. The Morgan fingerprint density at radius 2 is 2.31 bits per heavy atom. The minimum Gasteiger partial charge on any atom is -0.365 e. The van der Waals surface area contributed by atoms with E-state index >= 15 is 0 Å². The summed E-state index contributed by atoms with van der Waals surface area (Å²) in [7, 11) is 0. The van der Waals surface area contributed by atoms with Crippen molar-refractivity contribution in [2.24, 2.45) is 5.73 Å². The van der Waals surface area contributed by atoms with Gasteiger partial charge in [0, 0.05) is 11.3 Å². The molecule has 0 aliphatic heterocycles. The zero-order chi connectivity index (χ0) is 9.26. The molecule has 13 heavy (non-hydrogen) atoms. The molecule has 1 aromatic rings. The highest BCUT2D eigenvalue weighted by atomic mass is 32.1. The number of fused-ring (bicyclic) bond motifs is 1. The molecule has 0 saturated heterocycles. The maximum absolute atomic E-state index is 10.9. The zero-order valence-electron chi connectivity index (χ0n) is 6.99. The van der Waals surface area contributed by atoms with E-state index in [0.717, 1.165) is 12.0 Å². The van der Waals surface area contributed by atoms with E-state index < -0.39 is 0 Å². The van der Waals surface area contributed by atoms with Gasteiger partial charge in [0.15, 0.2) is 0 Å². The van der Waals surface area contributed by atoms with Crippen molar-refractivity contribution in [1.29, 1.82) is 0 Å². The predicted octanol–water partition coefficient (Wildman–Crippen LogP) is 1.97. The Bertz CT molecular complexity index is 401. The second kappa shape index (κ2) is 3.18. The molecule has 0 saturated carbocycles. The van der Waals surface area contributed by atoms with Gasteiger partial charge in [-0.1, -0.05) is 24.3 Å². The van der Waals surface area contributed by atoms with Gasteiger partial charge in [-0.25, -0.2) is 0 Å². The number of thiophene rings is 1. The molecule has 0 bridgehead atoms. The highest BCUT2D eigenvalue weighted by Crippen LogP contribution is 2.25. The highest BCUT2D eigenvalue weighted by molar-refractivity contribution is 7.14. The topological polar surface area (TPSA) is 43.1 Å². The highest BCUT2D eigenvalue weighted by Gasteiger charge is 2.10. The van der Waals surface area contributed by atoms with Gasteiger partial charge in [-0.15, -0.1) is 11.3 Å². The van der Waals surface area contributed by atoms with Crippen molar-refractivity contribution in [3.05, 3.63) is 39.6 Å². The Labute approximate surface area is 80.4 Å². The molecule has 1 amide bonds. The molecule has 3 heteroatoms. The summed E-state index contributed by atoms with van der Waals surface area (Å²) in [6.45, 7) is 0. The quantitative estimate of drug-likeness (QED) is 0.724. The van der Waals surface area contributed by atoms with Crippen LogP contribution in [0.4, 0.5) is 0 Å². The smallest absolute Gasteiger partial charge is 0.258 e. The van der Waals surface area contributed by atoms with E-state index in [9.17, 15) is 4.79 Å². The van der Waals surface area contributed by atoms with E-state index in [4.69, 9.17) is 5.73 Å². The second-order valence-corrected chi connectivity index (χ2v) is 3.98. The van der Waals surface area contributed by atoms with Gasteiger partial charge in [-0.2, -0.15) is 0 Å². The summed E-state index contributed by atoms with van der Waals surface area (Å²) in [5, 5.41) is 0. The van der Waals surface area contributed by atoms with Gasteiger partial charge in [-0.05, 0) is 11.6 Å². The third-order valence-electron chi connectivity index (χ3n) is 1.91. The number of allylic oxidation sites excluding steroid dienone is 3. The number of carbonyl (C=O) groups excluding carboxylic acids is 1. The van der Waals surface area contributed by atoms with E-state index in [1.165, 1.54) is 16.2 Å².